The molecule has 0 saturated carbocycles. The van der Waals surface area contributed by atoms with Crippen LogP contribution in [0.25, 0.3) is 32.9 Å². The number of rotatable bonds is 1. The predicted octanol–water partition coefficient (Wildman–Crippen LogP) is 2.51. The molecule has 0 unspecified atom stereocenters. The Kier molecular flexibility index (Phi) is 2.74. The summed E-state index contributed by atoms with van der Waals surface area (Å²) in [7, 11) is 1.95. The van der Waals surface area contributed by atoms with Crippen LogP contribution in [-0.4, -0.2) is 9.97 Å². The van der Waals surface area contributed by atoms with Gasteiger partial charge in [0.15, 0.2) is 12.1 Å². The lowest BCUT2D eigenvalue weighted by Crippen LogP contribution is -2.25. The molecule has 4 rings (SSSR count). The number of nitrogens with zero attached hydrogens (tertiary/aromatic N) is 2. The summed E-state index contributed by atoms with van der Waals surface area (Å²) in [5, 5.41) is 1.76. The highest BCUT2D eigenvalue weighted by Crippen LogP contribution is 2.35. The van der Waals surface area contributed by atoms with Crippen molar-refractivity contribution in [2.75, 3.05) is 11.5 Å². The highest BCUT2D eigenvalue weighted by molar-refractivity contribution is 6.14. The summed E-state index contributed by atoms with van der Waals surface area (Å²) in [5.74, 6) is 0.344. The van der Waals surface area contributed by atoms with Gasteiger partial charge in [0, 0.05) is 6.07 Å². The maximum atomic E-state index is 13.7. The number of hydrogen-bond acceptors (Lipinski definition) is 3. The van der Waals surface area contributed by atoms with E-state index >= 15 is 0 Å². The van der Waals surface area contributed by atoms with Crippen LogP contribution in [0.4, 0.5) is 16.2 Å². The van der Waals surface area contributed by atoms with E-state index in [2.05, 4.69) is 9.97 Å². The first-order valence-electron chi connectivity index (χ1n) is 7.16. The third-order valence-corrected chi connectivity index (χ3v) is 4.05. The summed E-state index contributed by atoms with van der Waals surface area (Å²) in [6.45, 7) is 0. The second kappa shape index (κ2) is 4.67. The van der Waals surface area contributed by atoms with Gasteiger partial charge in [0.05, 0.1) is 21.9 Å². The molecule has 114 valence electrons. The molecule has 0 radical (unpaired) electrons. The van der Waals surface area contributed by atoms with E-state index in [9.17, 15) is 4.39 Å². The van der Waals surface area contributed by atoms with Crippen LogP contribution in [0.5, 0.6) is 0 Å². The van der Waals surface area contributed by atoms with Crippen LogP contribution >= 0.6 is 0 Å². The number of anilines is 2. The first kappa shape index (κ1) is 13.5. The Morgan fingerprint density at radius 2 is 2.00 bits per heavy atom. The van der Waals surface area contributed by atoms with E-state index in [1.54, 1.807) is 6.07 Å². The number of aromatic amines is 1. The molecule has 0 spiro atoms. The first-order chi connectivity index (χ1) is 11.0. The van der Waals surface area contributed by atoms with E-state index in [0.717, 1.165) is 32.9 Å². The third-order valence-electron chi connectivity index (χ3n) is 4.05. The van der Waals surface area contributed by atoms with Crippen molar-refractivity contribution in [3.63, 3.8) is 0 Å². The van der Waals surface area contributed by atoms with Crippen molar-refractivity contribution in [1.82, 2.24) is 9.97 Å². The molecule has 5 N–H and O–H groups in total. The van der Waals surface area contributed by atoms with Crippen LogP contribution in [0.2, 0.25) is 0 Å². The van der Waals surface area contributed by atoms with E-state index in [-0.39, 0.29) is 11.8 Å². The lowest BCUT2D eigenvalue weighted by Gasteiger charge is -2.08. The quantitative estimate of drug-likeness (QED) is 0.472. The molecule has 23 heavy (non-hydrogen) atoms. The number of nitrogen functional groups attached to an aromatic ring is 2. The zero-order chi connectivity index (χ0) is 16.1. The second-order valence-electron chi connectivity index (χ2n) is 5.55. The van der Waals surface area contributed by atoms with Crippen LogP contribution in [0.15, 0.2) is 42.6 Å². The van der Waals surface area contributed by atoms with Crippen LogP contribution in [0.1, 0.15) is 0 Å². The third kappa shape index (κ3) is 1.99. The molecular weight excluding hydrogens is 293 g/mol. The summed E-state index contributed by atoms with van der Waals surface area (Å²) in [6, 6.07) is 10.4. The monoisotopic (exact) mass is 308 g/mol. The van der Waals surface area contributed by atoms with Crippen molar-refractivity contribution < 1.29 is 8.96 Å². The van der Waals surface area contributed by atoms with Gasteiger partial charge in [-0.3, -0.25) is 0 Å². The van der Waals surface area contributed by atoms with Crippen LogP contribution in [-0.2, 0) is 7.05 Å². The van der Waals surface area contributed by atoms with Crippen molar-refractivity contribution >= 4 is 33.6 Å². The zero-order valence-electron chi connectivity index (χ0n) is 12.5. The fourth-order valence-electron chi connectivity index (χ4n) is 3.10. The predicted molar refractivity (Wildman–Crippen MR) is 89.0 cm³/mol. The van der Waals surface area contributed by atoms with Gasteiger partial charge in [0.1, 0.15) is 18.7 Å². The number of fused-ring (bicyclic) bond motifs is 3. The van der Waals surface area contributed by atoms with Crippen LogP contribution in [0, 0.1) is 5.82 Å². The van der Waals surface area contributed by atoms with E-state index in [0.29, 0.717) is 5.82 Å². The topological polar surface area (TPSA) is 84.6 Å². The molecule has 5 nitrogen and oxygen atoms in total. The lowest BCUT2D eigenvalue weighted by atomic mass is 10.00. The van der Waals surface area contributed by atoms with Gasteiger partial charge in [0.2, 0.25) is 5.52 Å². The van der Waals surface area contributed by atoms with E-state index in [1.807, 2.05) is 36.0 Å². The normalized spacial score (nSPS) is 11.4. The van der Waals surface area contributed by atoms with Gasteiger partial charge in [0.25, 0.3) is 0 Å². The molecule has 2 aromatic heterocycles. The SMILES string of the molecule is C[n+]1ccc2c3c(N)nc(N)[nH]c3cc(-c3cccc(F)c3)c21. The first-order valence-corrected chi connectivity index (χ1v) is 7.16. The number of hydrogen-bond donors (Lipinski definition) is 3. The largest absolute Gasteiger partial charge is 0.383 e. The number of aryl methyl sites for hydroxylation is 1. The van der Waals surface area contributed by atoms with Gasteiger partial charge in [-0.1, -0.05) is 12.1 Å². The molecule has 0 saturated heterocycles. The molecule has 0 aliphatic carbocycles. The van der Waals surface area contributed by atoms with Crippen LogP contribution in [0.3, 0.4) is 0 Å². The summed E-state index contributed by atoms with van der Waals surface area (Å²) in [5.41, 5.74) is 15.3. The van der Waals surface area contributed by atoms with Crippen LogP contribution < -0.4 is 16.0 Å². The number of benzene rings is 2. The van der Waals surface area contributed by atoms with Crippen molar-refractivity contribution in [2.24, 2.45) is 7.05 Å². The summed E-state index contributed by atoms with van der Waals surface area (Å²) >= 11 is 0. The minimum absolute atomic E-state index is 0.246. The van der Waals surface area contributed by atoms with Gasteiger partial charge in [-0.15, -0.1) is 0 Å². The molecule has 0 atom stereocenters. The highest BCUT2D eigenvalue weighted by atomic mass is 19.1. The Morgan fingerprint density at radius 3 is 2.78 bits per heavy atom. The van der Waals surface area contributed by atoms with Gasteiger partial charge in [-0.05, 0) is 23.8 Å². The molecule has 6 heteroatoms. The van der Waals surface area contributed by atoms with Crippen molar-refractivity contribution in [2.45, 2.75) is 0 Å². The number of halogens is 1. The smallest absolute Gasteiger partial charge is 0.221 e. The Morgan fingerprint density at radius 1 is 1.17 bits per heavy atom. The Hall–Kier alpha value is -3.15. The van der Waals surface area contributed by atoms with E-state index < -0.39 is 0 Å². The van der Waals surface area contributed by atoms with Gasteiger partial charge in [-0.2, -0.15) is 4.98 Å². The van der Waals surface area contributed by atoms with Crippen molar-refractivity contribution in [3.05, 3.63) is 48.4 Å². The summed E-state index contributed by atoms with van der Waals surface area (Å²) in [6.07, 6.45) is 1.95. The van der Waals surface area contributed by atoms with Crippen molar-refractivity contribution in [1.29, 1.82) is 0 Å². The van der Waals surface area contributed by atoms with Gasteiger partial charge < -0.3 is 16.5 Å². The second-order valence-corrected chi connectivity index (χ2v) is 5.55. The number of nitrogens with two attached hydrogens (primary N) is 2. The number of aromatic nitrogens is 3. The fourth-order valence-corrected chi connectivity index (χ4v) is 3.10. The molecule has 4 aromatic rings. The molecule has 0 aliphatic heterocycles. The summed E-state index contributed by atoms with van der Waals surface area (Å²) in [4.78, 5) is 7.15. The fraction of sp³-hybridized carbons (Fsp3) is 0.0588. The molecule has 0 amide bonds. The standard InChI is InChI=1S/C17H14FN5/c1-23-6-5-11-14-13(21-17(20)22-16(14)19)8-12(15(11)23)9-3-2-4-10(18)7-9/h2-8H,1H3,(H4,19,20,21,22)/p+1. The highest BCUT2D eigenvalue weighted by Gasteiger charge is 2.20. The minimum atomic E-state index is -0.275. The number of H-pyrrole nitrogens is 1. The zero-order valence-corrected chi connectivity index (χ0v) is 12.5. The molecule has 0 bridgehead atoms. The molecular formula is C17H15FN5+. The Bertz CT molecular complexity index is 1070. The number of nitrogens with one attached hydrogen (secondary N) is 1. The molecule has 0 fully saturated rings. The maximum Gasteiger partial charge on any atom is 0.221 e. The molecule has 2 aromatic carbocycles. The van der Waals surface area contributed by atoms with E-state index in [1.165, 1.54) is 12.1 Å². The maximum absolute atomic E-state index is 13.7. The van der Waals surface area contributed by atoms with Gasteiger partial charge in [-0.25, -0.2) is 8.96 Å². The minimum Gasteiger partial charge on any atom is -0.383 e. The molecule has 0 aliphatic rings. The van der Waals surface area contributed by atoms with Gasteiger partial charge >= 0.3 is 0 Å². The van der Waals surface area contributed by atoms with E-state index in [4.69, 9.17) is 11.5 Å². The molecule has 2 heterocycles. The average Bonchev–Trinajstić information content (AvgIpc) is 2.88. The lowest BCUT2D eigenvalue weighted by molar-refractivity contribution is -0.642. The Balaban J connectivity index is 2.20. The average molecular weight is 308 g/mol. The van der Waals surface area contributed by atoms with Crippen molar-refractivity contribution in [3.8, 4) is 11.1 Å². The summed E-state index contributed by atoms with van der Waals surface area (Å²) < 4.78 is 15.6. The Labute approximate surface area is 131 Å².